The van der Waals surface area contributed by atoms with Gasteiger partial charge in [0.25, 0.3) is 0 Å². The largest absolute Gasteiger partial charge is 0.354 e. The van der Waals surface area contributed by atoms with Crippen LogP contribution in [0.4, 0.5) is 0 Å². The molecule has 0 fully saturated rings. The van der Waals surface area contributed by atoms with Crippen molar-refractivity contribution in [3.8, 4) is 0 Å². The summed E-state index contributed by atoms with van der Waals surface area (Å²) in [7, 11) is 0. The quantitative estimate of drug-likeness (QED) is 0.547. The average Bonchev–Trinajstić information content (AvgIpc) is 2.59. The van der Waals surface area contributed by atoms with Gasteiger partial charge in [-0.05, 0) is 36.6 Å². The molecule has 2 atom stereocenters. The lowest BCUT2D eigenvalue weighted by atomic mass is 9.85. The molecule has 2 bridgehead atoms. The molecule has 66 valence electrons. The van der Waals surface area contributed by atoms with Gasteiger partial charge in [-0.15, -0.1) is 0 Å². The molecule has 2 aliphatic rings. The van der Waals surface area contributed by atoms with E-state index in [0.717, 1.165) is 0 Å². The maximum Gasteiger partial charge on any atom is 0.110 e. The number of rotatable bonds is 0. The Morgan fingerprint density at radius 1 is 1.38 bits per heavy atom. The highest BCUT2D eigenvalue weighted by molar-refractivity contribution is 5.50. The molecule has 0 radical (unpaired) electrons. The van der Waals surface area contributed by atoms with Gasteiger partial charge in [0.2, 0.25) is 0 Å². The maximum atomic E-state index is 5.90. The first kappa shape index (κ1) is 7.34. The molecular weight excluding hydrogens is 160 g/mol. The fraction of sp³-hybridized carbons (Fsp3) is 0.333. The molecule has 2 unspecified atom stereocenters. The number of hydrogen-bond acceptors (Lipinski definition) is 1. The van der Waals surface area contributed by atoms with Crippen LogP contribution in [0.3, 0.4) is 0 Å². The number of benzene rings is 1. The van der Waals surface area contributed by atoms with Gasteiger partial charge < -0.3 is 4.74 Å². The lowest BCUT2D eigenvalue weighted by Crippen LogP contribution is -2.16. The van der Waals surface area contributed by atoms with Crippen LogP contribution in [0, 0.1) is 6.92 Å². The van der Waals surface area contributed by atoms with E-state index in [1.165, 1.54) is 16.7 Å². The molecule has 0 saturated heterocycles. The first-order chi connectivity index (χ1) is 6.21. The van der Waals surface area contributed by atoms with E-state index in [4.69, 9.17) is 4.74 Å². The molecule has 3 rings (SSSR count). The minimum Gasteiger partial charge on any atom is -0.354 e. The lowest BCUT2D eigenvalue weighted by molar-refractivity contribution is 0.0111. The molecular formula is C12H12O. The standard InChI is InChI=1S/C12H12O/c1-8-4-3-5-9-10-6-7-12(2,13-10)11(8)9/h3-7,10H,1-2H3. The van der Waals surface area contributed by atoms with Gasteiger partial charge in [-0.25, -0.2) is 0 Å². The minimum absolute atomic E-state index is 0.147. The third-order valence-corrected chi connectivity index (χ3v) is 3.07. The predicted octanol–water partition coefficient (Wildman–Crippen LogP) is 2.85. The fourth-order valence-electron chi connectivity index (χ4n) is 2.53. The van der Waals surface area contributed by atoms with Crippen molar-refractivity contribution in [2.24, 2.45) is 0 Å². The Labute approximate surface area is 78.0 Å². The highest BCUT2D eigenvalue weighted by Crippen LogP contribution is 2.50. The molecule has 1 aromatic carbocycles. The van der Waals surface area contributed by atoms with E-state index in [2.05, 4.69) is 44.2 Å². The summed E-state index contributed by atoms with van der Waals surface area (Å²) >= 11 is 0. The molecule has 0 amide bonds. The predicted molar refractivity (Wildman–Crippen MR) is 51.5 cm³/mol. The number of fused-ring (bicyclic) bond motifs is 5. The van der Waals surface area contributed by atoms with Gasteiger partial charge >= 0.3 is 0 Å². The molecule has 0 aromatic heterocycles. The Morgan fingerprint density at radius 3 is 3.00 bits per heavy atom. The van der Waals surface area contributed by atoms with Gasteiger partial charge in [0.1, 0.15) is 11.7 Å². The molecule has 1 heteroatoms. The van der Waals surface area contributed by atoms with Crippen molar-refractivity contribution in [2.45, 2.75) is 25.6 Å². The van der Waals surface area contributed by atoms with Crippen molar-refractivity contribution < 1.29 is 4.74 Å². The zero-order chi connectivity index (χ0) is 9.05. The van der Waals surface area contributed by atoms with E-state index in [1.54, 1.807) is 0 Å². The van der Waals surface area contributed by atoms with Crippen LogP contribution in [0.2, 0.25) is 0 Å². The summed E-state index contributed by atoms with van der Waals surface area (Å²) < 4.78 is 5.90. The van der Waals surface area contributed by atoms with E-state index in [0.29, 0.717) is 0 Å². The zero-order valence-electron chi connectivity index (χ0n) is 7.87. The molecule has 0 N–H and O–H groups in total. The second-order valence-electron chi connectivity index (χ2n) is 4.04. The van der Waals surface area contributed by atoms with E-state index < -0.39 is 0 Å². The van der Waals surface area contributed by atoms with Gasteiger partial charge in [-0.2, -0.15) is 0 Å². The molecule has 2 heterocycles. The van der Waals surface area contributed by atoms with Gasteiger partial charge in [-0.1, -0.05) is 24.3 Å². The maximum absolute atomic E-state index is 5.90. The first-order valence-corrected chi connectivity index (χ1v) is 4.68. The summed E-state index contributed by atoms with van der Waals surface area (Å²) in [5.41, 5.74) is 3.92. The fourth-order valence-corrected chi connectivity index (χ4v) is 2.53. The Hall–Kier alpha value is -1.08. The van der Waals surface area contributed by atoms with Gasteiger partial charge in [0, 0.05) is 0 Å². The van der Waals surface area contributed by atoms with Crippen molar-refractivity contribution in [3.05, 3.63) is 47.0 Å². The van der Waals surface area contributed by atoms with E-state index in [1.807, 2.05) is 0 Å². The SMILES string of the molecule is Cc1cccc2c1C1(C)C=CC2O1. The summed E-state index contributed by atoms with van der Waals surface area (Å²) in [5.74, 6) is 0. The van der Waals surface area contributed by atoms with E-state index >= 15 is 0 Å². The molecule has 1 aromatic rings. The highest BCUT2D eigenvalue weighted by Gasteiger charge is 2.43. The third-order valence-electron chi connectivity index (χ3n) is 3.07. The second kappa shape index (κ2) is 2.05. The Balaban J connectivity index is 2.34. The summed E-state index contributed by atoms with van der Waals surface area (Å²) in [5, 5.41) is 0. The minimum atomic E-state index is -0.147. The zero-order valence-corrected chi connectivity index (χ0v) is 7.87. The molecule has 0 saturated carbocycles. The van der Waals surface area contributed by atoms with Crippen LogP contribution >= 0.6 is 0 Å². The molecule has 1 nitrogen and oxygen atoms in total. The highest BCUT2D eigenvalue weighted by atomic mass is 16.5. The number of ether oxygens (including phenoxy) is 1. The third kappa shape index (κ3) is 0.755. The summed E-state index contributed by atoms with van der Waals surface area (Å²) in [6.45, 7) is 4.30. The van der Waals surface area contributed by atoms with Crippen molar-refractivity contribution in [3.63, 3.8) is 0 Å². The average molecular weight is 172 g/mol. The van der Waals surface area contributed by atoms with E-state index in [-0.39, 0.29) is 11.7 Å². The van der Waals surface area contributed by atoms with Gasteiger partial charge in [-0.3, -0.25) is 0 Å². The van der Waals surface area contributed by atoms with Gasteiger partial charge in [0.05, 0.1) is 0 Å². The summed E-state index contributed by atoms with van der Waals surface area (Å²) in [6, 6.07) is 6.43. The first-order valence-electron chi connectivity index (χ1n) is 4.68. The Kier molecular flexibility index (Phi) is 1.15. The van der Waals surface area contributed by atoms with Crippen LogP contribution in [0.5, 0.6) is 0 Å². The van der Waals surface area contributed by atoms with Crippen molar-refractivity contribution in [2.75, 3.05) is 0 Å². The number of hydrogen-bond donors (Lipinski definition) is 0. The number of aryl methyl sites for hydroxylation is 1. The molecule has 0 aliphatic carbocycles. The second-order valence-corrected chi connectivity index (χ2v) is 4.04. The monoisotopic (exact) mass is 172 g/mol. The van der Waals surface area contributed by atoms with Gasteiger partial charge in [0.15, 0.2) is 0 Å². The smallest absolute Gasteiger partial charge is 0.110 e. The normalized spacial score (nSPS) is 33.8. The van der Waals surface area contributed by atoms with Crippen LogP contribution in [0.15, 0.2) is 30.4 Å². The van der Waals surface area contributed by atoms with Crippen LogP contribution < -0.4 is 0 Å². The van der Waals surface area contributed by atoms with Crippen LogP contribution in [-0.2, 0) is 10.3 Å². The van der Waals surface area contributed by atoms with Crippen molar-refractivity contribution in [1.29, 1.82) is 0 Å². The Morgan fingerprint density at radius 2 is 2.23 bits per heavy atom. The van der Waals surface area contributed by atoms with Crippen molar-refractivity contribution >= 4 is 0 Å². The lowest BCUT2D eigenvalue weighted by Gasteiger charge is -2.20. The van der Waals surface area contributed by atoms with Crippen LogP contribution in [0.1, 0.15) is 29.7 Å². The summed E-state index contributed by atoms with van der Waals surface area (Å²) in [6.07, 6.45) is 4.54. The molecule has 2 aliphatic heterocycles. The topological polar surface area (TPSA) is 9.23 Å². The Bertz CT molecular complexity index is 406. The molecule has 13 heavy (non-hydrogen) atoms. The molecule has 0 spiro atoms. The summed E-state index contributed by atoms with van der Waals surface area (Å²) in [4.78, 5) is 0. The van der Waals surface area contributed by atoms with Crippen molar-refractivity contribution in [1.82, 2.24) is 0 Å². The van der Waals surface area contributed by atoms with Crippen LogP contribution in [-0.4, -0.2) is 0 Å². The van der Waals surface area contributed by atoms with E-state index in [9.17, 15) is 0 Å². The van der Waals surface area contributed by atoms with Crippen LogP contribution in [0.25, 0.3) is 0 Å².